The van der Waals surface area contributed by atoms with Crippen LogP contribution in [0.15, 0.2) is 49.3 Å². The largest absolute Gasteiger partial charge is 0.497 e. The Morgan fingerprint density at radius 2 is 2.00 bits per heavy atom. The van der Waals surface area contributed by atoms with E-state index in [9.17, 15) is 4.79 Å². The van der Waals surface area contributed by atoms with E-state index in [1.807, 2.05) is 30.3 Å². The predicted molar refractivity (Wildman–Crippen MR) is 111 cm³/mol. The molecule has 1 amide bonds. The van der Waals surface area contributed by atoms with Gasteiger partial charge in [0.15, 0.2) is 0 Å². The minimum absolute atomic E-state index is 0.0407. The summed E-state index contributed by atoms with van der Waals surface area (Å²) in [6.45, 7) is 4.49. The molecule has 28 heavy (non-hydrogen) atoms. The van der Waals surface area contributed by atoms with Crippen LogP contribution in [0.3, 0.4) is 0 Å². The molecule has 6 nitrogen and oxygen atoms in total. The number of benzene rings is 1. The summed E-state index contributed by atoms with van der Waals surface area (Å²) in [4.78, 5) is 21.0. The van der Waals surface area contributed by atoms with Crippen molar-refractivity contribution in [3.63, 3.8) is 0 Å². The number of pyridine rings is 2. The Hall–Kier alpha value is -3.41. The SMILES string of the molecule is C=Cc1cnc(NCc2ccc(OC)cc2)c2cnc(NC(=O)C3CC3)cc12. The molecule has 0 aliphatic heterocycles. The highest BCUT2D eigenvalue weighted by Gasteiger charge is 2.29. The number of methoxy groups -OCH3 is 1. The van der Waals surface area contributed by atoms with Gasteiger partial charge < -0.3 is 15.4 Å². The minimum Gasteiger partial charge on any atom is -0.497 e. The fourth-order valence-electron chi connectivity index (χ4n) is 3.03. The van der Waals surface area contributed by atoms with E-state index >= 15 is 0 Å². The molecule has 0 unspecified atom stereocenters. The van der Waals surface area contributed by atoms with Gasteiger partial charge in [-0.1, -0.05) is 24.8 Å². The van der Waals surface area contributed by atoms with Crippen molar-refractivity contribution in [3.05, 3.63) is 60.4 Å². The second-order valence-electron chi connectivity index (χ2n) is 6.85. The zero-order valence-corrected chi connectivity index (χ0v) is 15.7. The maximum Gasteiger partial charge on any atom is 0.228 e. The van der Waals surface area contributed by atoms with Crippen molar-refractivity contribution >= 4 is 34.4 Å². The van der Waals surface area contributed by atoms with E-state index < -0.39 is 0 Å². The van der Waals surface area contributed by atoms with E-state index in [4.69, 9.17) is 4.74 Å². The van der Waals surface area contributed by atoms with Gasteiger partial charge in [-0.3, -0.25) is 4.79 Å². The van der Waals surface area contributed by atoms with Crippen molar-refractivity contribution in [2.75, 3.05) is 17.7 Å². The highest BCUT2D eigenvalue weighted by Crippen LogP contribution is 2.31. The quantitative estimate of drug-likeness (QED) is 0.647. The zero-order chi connectivity index (χ0) is 19.5. The van der Waals surface area contributed by atoms with Gasteiger partial charge in [-0.2, -0.15) is 0 Å². The fourth-order valence-corrected chi connectivity index (χ4v) is 3.03. The summed E-state index contributed by atoms with van der Waals surface area (Å²) in [6, 6.07) is 9.76. The standard InChI is InChI=1S/C22H22N4O2/c1-3-15-12-25-21(24-11-14-4-8-17(28-2)9-5-14)19-13-23-20(10-18(15)19)26-22(27)16-6-7-16/h3-5,8-10,12-13,16H,1,6-7,11H2,2H3,(H,24,25)(H,23,26,27). The van der Waals surface area contributed by atoms with Gasteiger partial charge in [0.2, 0.25) is 5.91 Å². The first-order valence-electron chi connectivity index (χ1n) is 9.27. The molecule has 2 N–H and O–H groups in total. The number of hydrogen-bond donors (Lipinski definition) is 2. The van der Waals surface area contributed by atoms with Gasteiger partial charge in [-0.25, -0.2) is 9.97 Å². The molecule has 0 saturated heterocycles. The van der Waals surface area contributed by atoms with Crippen LogP contribution in [0, 0.1) is 5.92 Å². The van der Waals surface area contributed by atoms with E-state index in [-0.39, 0.29) is 11.8 Å². The van der Waals surface area contributed by atoms with Crippen LogP contribution in [0.25, 0.3) is 16.8 Å². The first-order valence-corrected chi connectivity index (χ1v) is 9.27. The number of aromatic nitrogens is 2. The van der Waals surface area contributed by atoms with Crippen LogP contribution in [0.4, 0.5) is 11.6 Å². The summed E-state index contributed by atoms with van der Waals surface area (Å²) in [6.07, 6.45) is 7.20. The number of amides is 1. The zero-order valence-electron chi connectivity index (χ0n) is 15.7. The maximum atomic E-state index is 12.0. The van der Waals surface area contributed by atoms with Crippen LogP contribution in [0.5, 0.6) is 5.75 Å². The van der Waals surface area contributed by atoms with E-state index in [2.05, 4.69) is 27.2 Å². The van der Waals surface area contributed by atoms with Crippen molar-refractivity contribution in [2.24, 2.45) is 5.92 Å². The van der Waals surface area contributed by atoms with Crippen LogP contribution < -0.4 is 15.4 Å². The Balaban J connectivity index is 1.58. The molecule has 142 valence electrons. The molecule has 1 aliphatic carbocycles. The minimum atomic E-state index is 0.0407. The molecule has 0 bridgehead atoms. The van der Waals surface area contributed by atoms with Crippen molar-refractivity contribution < 1.29 is 9.53 Å². The normalized spacial score (nSPS) is 13.2. The molecular formula is C22H22N4O2. The summed E-state index contributed by atoms with van der Waals surface area (Å²) >= 11 is 0. The van der Waals surface area contributed by atoms with Crippen molar-refractivity contribution in [1.82, 2.24) is 9.97 Å². The van der Waals surface area contributed by atoms with Gasteiger partial charge in [-0.15, -0.1) is 0 Å². The van der Waals surface area contributed by atoms with Crippen LogP contribution >= 0.6 is 0 Å². The second-order valence-corrected chi connectivity index (χ2v) is 6.85. The third kappa shape index (κ3) is 3.81. The topological polar surface area (TPSA) is 76.1 Å². The number of carbonyl (C=O) groups is 1. The van der Waals surface area contributed by atoms with Gasteiger partial charge in [0.25, 0.3) is 0 Å². The van der Waals surface area contributed by atoms with Crippen LogP contribution in [-0.2, 0) is 11.3 Å². The van der Waals surface area contributed by atoms with E-state index in [0.717, 1.165) is 46.3 Å². The van der Waals surface area contributed by atoms with Crippen LogP contribution in [0.2, 0.25) is 0 Å². The summed E-state index contributed by atoms with van der Waals surface area (Å²) in [5.74, 6) is 2.30. The van der Waals surface area contributed by atoms with E-state index in [1.54, 1.807) is 25.6 Å². The highest BCUT2D eigenvalue weighted by molar-refractivity contribution is 6.00. The number of anilines is 2. The number of ether oxygens (including phenoxy) is 1. The van der Waals surface area contributed by atoms with Crippen LogP contribution in [0.1, 0.15) is 24.0 Å². The Morgan fingerprint density at radius 1 is 1.21 bits per heavy atom. The third-order valence-corrected chi connectivity index (χ3v) is 4.84. The lowest BCUT2D eigenvalue weighted by molar-refractivity contribution is -0.117. The number of nitrogens with one attached hydrogen (secondary N) is 2. The predicted octanol–water partition coefficient (Wildman–Crippen LogP) is 4.24. The molecule has 0 radical (unpaired) electrons. The number of fused-ring (bicyclic) bond motifs is 1. The molecule has 0 spiro atoms. The van der Waals surface area contributed by atoms with Gasteiger partial charge in [0.1, 0.15) is 17.4 Å². The first kappa shape index (κ1) is 18.0. The fraction of sp³-hybridized carbons (Fsp3) is 0.227. The van der Waals surface area contributed by atoms with E-state index in [1.165, 1.54) is 0 Å². The Labute approximate surface area is 163 Å². The van der Waals surface area contributed by atoms with E-state index in [0.29, 0.717) is 12.4 Å². The molecule has 2 aromatic heterocycles. The average Bonchev–Trinajstić information content (AvgIpc) is 3.57. The molecule has 6 heteroatoms. The number of nitrogens with zero attached hydrogens (tertiary/aromatic N) is 2. The third-order valence-electron chi connectivity index (χ3n) is 4.84. The molecule has 0 atom stereocenters. The lowest BCUT2D eigenvalue weighted by atomic mass is 10.1. The van der Waals surface area contributed by atoms with Crippen molar-refractivity contribution in [3.8, 4) is 5.75 Å². The summed E-state index contributed by atoms with van der Waals surface area (Å²) in [5.41, 5.74) is 2.01. The average molecular weight is 374 g/mol. The highest BCUT2D eigenvalue weighted by atomic mass is 16.5. The summed E-state index contributed by atoms with van der Waals surface area (Å²) in [7, 11) is 1.65. The molecule has 3 aromatic rings. The Bertz CT molecular complexity index is 1030. The lowest BCUT2D eigenvalue weighted by Crippen LogP contribution is -2.14. The maximum absolute atomic E-state index is 12.0. The van der Waals surface area contributed by atoms with Crippen molar-refractivity contribution in [1.29, 1.82) is 0 Å². The molecular weight excluding hydrogens is 352 g/mol. The Kier molecular flexibility index (Phi) is 4.93. The van der Waals surface area contributed by atoms with Crippen molar-refractivity contribution in [2.45, 2.75) is 19.4 Å². The molecule has 1 fully saturated rings. The second kappa shape index (κ2) is 7.68. The molecule has 1 saturated carbocycles. The Morgan fingerprint density at radius 3 is 2.68 bits per heavy atom. The molecule has 4 rings (SSSR count). The number of rotatable bonds is 7. The van der Waals surface area contributed by atoms with Gasteiger partial charge in [0, 0.05) is 35.8 Å². The monoisotopic (exact) mass is 374 g/mol. The molecule has 2 heterocycles. The molecule has 1 aromatic carbocycles. The summed E-state index contributed by atoms with van der Waals surface area (Å²) < 4.78 is 5.19. The van der Waals surface area contributed by atoms with Gasteiger partial charge >= 0.3 is 0 Å². The summed E-state index contributed by atoms with van der Waals surface area (Å²) in [5, 5.41) is 8.10. The molecule has 1 aliphatic rings. The van der Waals surface area contributed by atoms with Gasteiger partial charge in [0.05, 0.1) is 7.11 Å². The smallest absolute Gasteiger partial charge is 0.228 e. The van der Waals surface area contributed by atoms with Crippen LogP contribution in [-0.4, -0.2) is 23.0 Å². The lowest BCUT2D eigenvalue weighted by Gasteiger charge is -2.12. The number of hydrogen-bond acceptors (Lipinski definition) is 5. The number of carbonyl (C=O) groups excluding carboxylic acids is 1. The first-order chi connectivity index (χ1) is 13.7. The van der Waals surface area contributed by atoms with Gasteiger partial charge in [-0.05, 0) is 42.0 Å².